The first-order valence-electron chi connectivity index (χ1n) is 7.63. The van der Waals surface area contributed by atoms with Gasteiger partial charge in [0.25, 0.3) is 5.56 Å². The summed E-state index contributed by atoms with van der Waals surface area (Å²) in [5.41, 5.74) is 2.69. The molecule has 0 radical (unpaired) electrons. The van der Waals surface area contributed by atoms with Gasteiger partial charge in [-0.25, -0.2) is 9.50 Å². The van der Waals surface area contributed by atoms with E-state index in [0.29, 0.717) is 29.2 Å². The smallest absolute Gasteiger partial charge is 0.263 e. The molecule has 3 aromatic heterocycles. The first kappa shape index (κ1) is 14.5. The summed E-state index contributed by atoms with van der Waals surface area (Å²) in [5, 5.41) is 16.3. The lowest BCUT2D eigenvalue weighted by atomic mass is 10.2. The van der Waals surface area contributed by atoms with Gasteiger partial charge in [-0.1, -0.05) is 6.07 Å². The number of benzene rings is 1. The Morgan fingerprint density at radius 1 is 1.38 bits per heavy atom. The minimum absolute atomic E-state index is 0.211. The Balaban J connectivity index is 1.83. The molecule has 7 heteroatoms. The molecule has 1 aromatic carbocycles. The van der Waals surface area contributed by atoms with Crippen LogP contribution < -0.4 is 10.9 Å². The van der Waals surface area contributed by atoms with E-state index < -0.39 is 6.10 Å². The average Bonchev–Trinajstić information content (AvgIpc) is 3.15. The monoisotopic (exact) mass is 324 g/mol. The van der Waals surface area contributed by atoms with E-state index in [4.69, 9.17) is 4.42 Å². The van der Waals surface area contributed by atoms with Gasteiger partial charge in [-0.3, -0.25) is 9.89 Å². The molecule has 3 N–H and O–H groups in total. The van der Waals surface area contributed by atoms with E-state index in [2.05, 4.69) is 15.4 Å². The number of aliphatic hydroxyl groups is 1. The molecular weight excluding hydrogens is 308 g/mol. The lowest BCUT2D eigenvalue weighted by Gasteiger charge is -2.08. The summed E-state index contributed by atoms with van der Waals surface area (Å²) in [6, 6.07) is 10.7. The van der Waals surface area contributed by atoms with E-state index in [1.165, 1.54) is 6.07 Å². The third kappa shape index (κ3) is 2.44. The molecule has 0 saturated heterocycles. The number of hydrogen-bond donors (Lipinski definition) is 3. The molecular formula is C17H16N4O3. The molecule has 0 aliphatic carbocycles. The lowest BCUT2D eigenvalue weighted by molar-refractivity contribution is 0.208. The predicted octanol–water partition coefficient (Wildman–Crippen LogP) is 2.23. The number of furan rings is 1. The van der Waals surface area contributed by atoms with Crippen LogP contribution in [0.5, 0.6) is 0 Å². The van der Waals surface area contributed by atoms with Crippen LogP contribution in [0.15, 0.2) is 51.8 Å². The molecule has 3 heterocycles. The maximum absolute atomic E-state index is 11.6. The molecule has 4 rings (SSSR count). The highest BCUT2D eigenvalue weighted by molar-refractivity contribution is 5.93. The van der Waals surface area contributed by atoms with Crippen LogP contribution in [0, 0.1) is 0 Å². The van der Waals surface area contributed by atoms with Crippen LogP contribution in [0.4, 0.5) is 5.69 Å². The molecule has 0 fully saturated rings. The molecule has 122 valence electrons. The van der Waals surface area contributed by atoms with Gasteiger partial charge in [0.1, 0.15) is 11.3 Å². The van der Waals surface area contributed by atoms with Crippen molar-refractivity contribution >= 4 is 22.3 Å². The Morgan fingerprint density at radius 2 is 2.25 bits per heavy atom. The van der Waals surface area contributed by atoms with Gasteiger partial charge in [0.05, 0.1) is 12.3 Å². The zero-order valence-corrected chi connectivity index (χ0v) is 13.0. The predicted molar refractivity (Wildman–Crippen MR) is 91.2 cm³/mol. The van der Waals surface area contributed by atoms with Crippen molar-refractivity contribution in [3.8, 4) is 11.5 Å². The van der Waals surface area contributed by atoms with E-state index in [1.54, 1.807) is 23.7 Å². The molecule has 0 aliphatic rings. The van der Waals surface area contributed by atoms with Crippen LogP contribution in [0.2, 0.25) is 0 Å². The average molecular weight is 324 g/mol. The molecule has 0 amide bonds. The van der Waals surface area contributed by atoms with Crippen molar-refractivity contribution in [3.63, 3.8) is 0 Å². The number of H-pyrrole nitrogens is 1. The van der Waals surface area contributed by atoms with Crippen LogP contribution >= 0.6 is 0 Å². The van der Waals surface area contributed by atoms with E-state index in [-0.39, 0.29) is 5.56 Å². The number of rotatable bonds is 4. The molecule has 7 nitrogen and oxygen atoms in total. The fourth-order valence-corrected chi connectivity index (χ4v) is 2.67. The Morgan fingerprint density at radius 3 is 3.08 bits per heavy atom. The maximum atomic E-state index is 11.6. The van der Waals surface area contributed by atoms with Gasteiger partial charge in [-0.15, -0.1) is 0 Å². The molecule has 1 atom stereocenters. The minimum Gasteiger partial charge on any atom is -0.454 e. The Bertz CT molecular complexity index is 1070. The highest BCUT2D eigenvalue weighted by Crippen LogP contribution is 2.32. The van der Waals surface area contributed by atoms with E-state index >= 15 is 0 Å². The van der Waals surface area contributed by atoms with Crippen molar-refractivity contribution in [1.82, 2.24) is 14.6 Å². The SMILES string of the molecule is C[C@@H](O)CNc1cccc2oc(-c3cnc4ccc(=O)[nH]n34)cc12. The minimum atomic E-state index is -0.449. The molecule has 0 bridgehead atoms. The maximum Gasteiger partial charge on any atom is 0.263 e. The molecule has 24 heavy (non-hydrogen) atoms. The summed E-state index contributed by atoms with van der Waals surface area (Å²) in [6.45, 7) is 2.17. The van der Waals surface area contributed by atoms with E-state index in [1.807, 2.05) is 24.3 Å². The van der Waals surface area contributed by atoms with E-state index in [0.717, 1.165) is 11.1 Å². The zero-order chi connectivity index (χ0) is 16.7. The van der Waals surface area contributed by atoms with Crippen molar-refractivity contribution < 1.29 is 9.52 Å². The van der Waals surface area contributed by atoms with Crippen LogP contribution in [0.25, 0.3) is 28.1 Å². The number of aromatic amines is 1. The van der Waals surface area contributed by atoms with Crippen LogP contribution in [-0.2, 0) is 0 Å². The highest BCUT2D eigenvalue weighted by atomic mass is 16.3. The number of imidazole rings is 1. The van der Waals surface area contributed by atoms with Gasteiger partial charge in [0, 0.05) is 23.7 Å². The summed E-state index contributed by atoms with van der Waals surface area (Å²) < 4.78 is 7.52. The summed E-state index contributed by atoms with van der Waals surface area (Å²) >= 11 is 0. The summed E-state index contributed by atoms with van der Waals surface area (Å²) in [5.74, 6) is 0.602. The molecule has 0 spiro atoms. The number of fused-ring (bicyclic) bond motifs is 2. The van der Waals surface area contributed by atoms with Gasteiger partial charge in [-0.05, 0) is 31.2 Å². The Hall–Kier alpha value is -3.06. The molecule has 4 aromatic rings. The van der Waals surface area contributed by atoms with Gasteiger partial charge in [0.15, 0.2) is 11.4 Å². The number of hydrogen-bond acceptors (Lipinski definition) is 5. The Kier molecular flexibility index (Phi) is 3.35. The topological polar surface area (TPSA) is 95.6 Å². The third-order valence-electron chi connectivity index (χ3n) is 3.80. The second-order valence-corrected chi connectivity index (χ2v) is 5.70. The standard InChI is InChI=1S/C17H16N4O3/c1-10(22)8-18-12-3-2-4-14-11(12)7-15(24-14)13-9-19-16-5-6-17(23)20-21(13)16/h2-7,9-10,18,22H,8H2,1H3,(H,20,23)/t10-/m1/s1. The quantitative estimate of drug-likeness (QED) is 0.535. The van der Waals surface area contributed by atoms with Crippen molar-refractivity contribution in [2.24, 2.45) is 0 Å². The number of nitrogens with one attached hydrogen (secondary N) is 2. The fourth-order valence-electron chi connectivity index (χ4n) is 2.67. The van der Waals surface area contributed by atoms with Gasteiger partial charge in [-0.2, -0.15) is 0 Å². The highest BCUT2D eigenvalue weighted by Gasteiger charge is 2.14. The first-order chi connectivity index (χ1) is 11.6. The number of aliphatic hydroxyl groups excluding tert-OH is 1. The van der Waals surface area contributed by atoms with Crippen molar-refractivity contribution in [3.05, 3.63) is 52.9 Å². The Labute approximate surface area is 136 Å². The van der Waals surface area contributed by atoms with Crippen molar-refractivity contribution in [1.29, 1.82) is 0 Å². The molecule has 0 saturated carbocycles. The largest absolute Gasteiger partial charge is 0.454 e. The number of anilines is 1. The van der Waals surface area contributed by atoms with Gasteiger partial charge in [0.2, 0.25) is 0 Å². The summed E-state index contributed by atoms with van der Waals surface area (Å²) in [7, 11) is 0. The van der Waals surface area contributed by atoms with Crippen LogP contribution in [0.1, 0.15) is 6.92 Å². The lowest BCUT2D eigenvalue weighted by Crippen LogP contribution is -2.15. The van der Waals surface area contributed by atoms with Gasteiger partial charge < -0.3 is 14.8 Å². The third-order valence-corrected chi connectivity index (χ3v) is 3.80. The molecule has 0 unspecified atom stereocenters. The van der Waals surface area contributed by atoms with Gasteiger partial charge >= 0.3 is 0 Å². The molecule has 0 aliphatic heterocycles. The normalized spacial score (nSPS) is 12.8. The van der Waals surface area contributed by atoms with Crippen LogP contribution in [-0.4, -0.2) is 32.4 Å². The summed E-state index contributed by atoms with van der Waals surface area (Å²) in [4.78, 5) is 15.8. The summed E-state index contributed by atoms with van der Waals surface area (Å²) in [6.07, 6.45) is 1.21. The number of nitrogens with zero attached hydrogens (tertiary/aromatic N) is 2. The second-order valence-electron chi connectivity index (χ2n) is 5.70. The zero-order valence-electron chi connectivity index (χ0n) is 13.0. The number of aromatic nitrogens is 3. The van der Waals surface area contributed by atoms with E-state index in [9.17, 15) is 9.90 Å². The van der Waals surface area contributed by atoms with Crippen molar-refractivity contribution in [2.75, 3.05) is 11.9 Å². The van der Waals surface area contributed by atoms with Crippen molar-refractivity contribution in [2.45, 2.75) is 13.0 Å². The fraction of sp³-hybridized carbons (Fsp3) is 0.176. The first-order valence-corrected chi connectivity index (χ1v) is 7.63. The second kappa shape index (κ2) is 5.54. The van der Waals surface area contributed by atoms with Crippen LogP contribution in [0.3, 0.4) is 0 Å².